The van der Waals surface area contributed by atoms with Gasteiger partial charge in [0, 0.05) is 20.0 Å². The molecule has 1 rings (SSSR count). The lowest BCUT2D eigenvalue weighted by molar-refractivity contribution is -0.119. The Bertz CT molecular complexity index is 521. The third kappa shape index (κ3) is 4.31. The molecule has 0 spiro atoms. The molecule has 0 bridgehead atoms. The third-order valence-electron chi connectivity index (χ3n) is 2.19. The minimum absolute atomic E-state index is 0.126. The Kier molecular flexibility index (Phi) is 5.06. The smallest absolute Gasteiger partial charge is 0.240 e. The molecule has 18 heavy (non-hydrogen) atoms. The second-order valence-corrected chi connectivity index (χ2v) is 5.46. The Morgan fingerprint density at radius 1 is 1.33 bits per heavy atom. The van der Waals surface area contributed by atoms with E-state index in [1.165, 1.54) is 25.1 Å². The zero-order chi connectivity index (χ0) is 13.6. The second-order valence-electron chi connectivity index (χ2n) is 3.69. The molecule has 1 amide bonds. The van der Waals surface area contributed by atoms with Gasteiger partial charge in [0.2, 0.25) is 15.9 Å². The normalized spacial score (nSPS) is 10.9. The van der Waals surface area contributed by atoms with Gasteiger partial charge in [-0.05, 0) is 17.7 Å². The van der Waals surface area contributed by atoms with Gasteiger partial charge in [-0.1, -0.05) is 18.2 Å². The van der Waals surface area contributed by atoms with Crippen molar-refractivity contribution in [1.82, 2.24) is 10.0 Å². The van der Waals surface area contributed by atoms with Gasteiger partial charge in [0.25, 0.3) is 0 Å². The minimum atomic E-state index is -3.48. The maximum atomic E-state index is 11.7. The Morgan fingerprint density at radius 3 is 2.44 bits per heavy atom. The van der Waals surface area contributed by atoms with Crippen molar-refractivity contribution in [2.45, 2.75) is 18.4 Å². The summed E-state index contributed by atoms with van der Waals surface area (Å²) in [5, 5.41) is 2.64. The third-order valence-corrected chi connectivity index (χ3v) is 3.63. The van der Waals surface area contributed by atoms with E-state index in [1.807, 2.05) is 0 Å². The Morgan fingerprint density at radius 2 is 1.94 bits per heavy atom. The molecule has 0 saturated heterocycles. The number of sulfonamides is 1. The predicted octanol–water partition coefficient (Wildman–Crippen LogP) is 0.787. The Labute approximate surface area is 107 Å². The van der Waals surface area contributed by atoms with Gasteiger partial charge in [0.1, 0.15) is 0 Å². The summed E-state index contributed by atoms with van der Waals surface area (Å²) in [6, 6.07) is 6.34. The highest BCUT2D eigenvalue weighted by Crippen LogP contribution is 2.10. The molecule has 0 radical (unpaired) electrons. The summed E-state index contributed by atoms with van der Waals surface area (Å²) in [5.74, 6) is -0.126. The minimum Gasteiger partial charge on any atom is -0.352 e. The summed E-state index contributed by atoms with van der Waals surface area (Å²) in [7, 11) is -3.48. The fourth-order valence-electron chi connectivity index (χ4n) is 1.26. The molecule has 0 heterocycles. The molecule has 5 nitrogen and oxygen atoms in total. The maximum absolute atomic E-state index is 11.7. The quantitative estimate of drug-likeness (QED) is 0.749. The molecule has 1 aromatic carbocycles. The van der Waals surface area contributed by atoms with Crippen LogP contribution in [0.5, 0.6) is 0 Å². The van der Waals surface area contributed by atoms with Gasteiger partial charge < -0.3 is 5.32 Å². The number of hydrogen-bond donors (Lipinski definition) is 2. The molecule has 0 aromatic heterocycles. The molecule has 0 aliphatic carbocycles. The van der Waals surface area contributed by atoms with Crippen molar-refractivity contribution >= 4 is 15.9 Å². The zero-order valence-electron chi connectivity index (χ0n) is 10.1. The molecule has 0 atom stereocenters. The largest absolute Gasteiger partial charge is 0.352 e. The first-order valence-corrected chi connectivity index (χ1v) is 6.88. The summed E-state index contributed by atoms with van der Waals surface area (Å²) < 4.78 is 25.9. The van der Waals surface area contributed by atoms with E-state index in [-0.39, 0.29) is 17.3 Å². The van der Waals surface area contributed by atoms with E-state index >= 15 is 0 Å². The van der Waals surface area contributed by atoms with Gasteiger partial charge in [-0.15, -0.1) is 6.58 Å². The number of benzene rings is 1. The van der Waals surface area contributed by atoms with E-state index in [9.17, 15) is 13.2 Å². The predicted molar refractivity (Wildman–Crippen MR) is 69.3 cm³/mol. The van der Waals surface area contributed by atoms with Crippen LogP contribution in [0.3, 0.4) is 0 Å². The van der Waals surface area contributed by atoms with Crippen molar-refractivity contribution in [1.29, 1.82) is 0 Å². The van der Waals surface area contributed by atoms with E-state index < -0.39 is 10.0 Å². The highest BCUT2D eigenvalue weighted by Gasteiger charge is 2.11. The van der Waals surface area contributed by atoms with E-state index in [0.717, 1.165) is 5.56 Å². The number of nitrogens with one attached hydrogen (secondary N) is 2. The standard InChI is InChI=1S/C12H16N2O3S/c1-3-8-14-18(16,17)12-6-4-11(5-7-12)9-13-10(2)15/h3-7,14H,1,8-9H2,2H3,(H,13,15). The van der Waals surface area contributed by atoms with Crippen molar-refractivity contribution in [3.05, 3.63) is 42.5 Å². The van der Waals surface area contributed by atoms with E-state index in [4.69, 9.17) is 0 Å². The highest BCUT2D eigenvalue weighted by atomic mass is 32.2. The molecule has 0 unspecified atom stereocenters. The van der Waals surface area contributed by atoms with Crippen LogP contribution in [0.25, 0.3) is 0 Å². The van der Waals surface area contributed by atoms with E-state index in [1.54, 1.807) is 12.1 Å². The van der Waals surface area contributed by atoms with Crippen molar-refractivity contribution in [3.63, 3.8) is 0 Å². The van der Waals surface area contributed by atoms with Crippen molar-refractivity contribution in [2.24, 2.45) is 0 Å². The molecular formula is C12H16N2O3S. The van der Waals surface area contributed by atoms with Gasteiger partial charge in [0.15, 0.2) is 0 Å². The number of carbonyl (C=O) groups excluding carboxylic acids is 1. The van der Waals surface area contributed by atoms with Crippen molar-refractivity contribution in [3.8, 4) is 0 Å². The monoisotopic (exact) mass is 268 g/mol. The summed E-state index contributed by atoms with van der Waals surface area (Å²) in [6.07, 6.45) is 1.47. The van der Waals surface area contributed by atoms with Gasteiger partial charge >= 0.3 is 0 Å². The molecule has 2 N–H and O–H groups in total. The number of hydrogen-bond acceptors (Lipinski definition) is 3. The molecule has 0 fully saturated rings. The van der Waals surface area contributed by atoms with Crippen LogP contribution in [-0.2, 0) is 21.4 Å². The second kappa shape index (κ2) is 6.32. The lowest BCUT2D eigenvalue weighted by Crippen LogP contribution is -2.23. The molecule has 0 aliphatic heterocycles. The number of rotatable bonds is 6. The molecule has 1 aromatic rings. The average molecular weight is 268 g/mol. The van der Waals surface area contributed by atoms with Crippen LogP contribution in [0.1, 0.15) is 12.5 Å². The lowest BCUT2D eigenvalue weighted by Gasteiger charge is -2.06. The summed E-state index contributed by atoms with van der Waals surface area (Å²) >= 11 is 0. The van der Waals surface area contributed by atoms with Crippen molar-refractivity contribution in [2.75, 3.05) is 6.54 Å². The van der Waals surface area contributed by atoms with Crippen LogP contribution in [0, 0.1) is 0 Å². The molecule has 98 valence electrons. The van der Waals surface area contributed by atoms with E-state index in [0.29, 0.717) is 6.54 Å². The van der Waals surface area contributed by atoms with Crippen LogP contribution in [0.4, 0.5) is 0 Å². The van der Waals surface area contributed by atoms with Gasteiger partial charge in [-0.3, -0.25) is 4.79 Å². The summed E-state index contributed by atoms with van der Waals surface area (Å²) in [6.45, 7) is 5.45. The first-order valence-electron chi connectivity index (χ1n) is 5.39. The van der Waals surface area contributed by atoms with Crippen LogP contribution in [-0.4, -0.2) is 20.9 Å². The van der Waals surface area contributed by atoms with Crippen LogP contribution in [0.2, 0.25) is 0 Å². The SMILES string of the molecule is C=CCNS(=O)(=O)c1ccc(CNC(C)=O)cc1. The fourth-order valence-corrected chi connectivity index (χ4v) is 2.26. The van der Waals surface area contributed by atoms with Gasteiger partial charge in [0.05, 0.1) is 4.90 Å². The Balaban J connectivity index is 2.76. The first-order chi connectivity index (χ1) is 8.45. The maximum Gasteiger partial charge on any atom is 0.240 e. The van der Waals surface area contributed by atoms with Gasteiger partial charge in [-0.2, -0.15) is 0 Å². The van der Waals surface area contributed by atoms with Crippen LogP contribution in [0.15, 0.2) is 41.8 Å². The lowest BCUT2D eigenvalue weighted by atomic mass is 10.2. The van der Waals surface area contributed by atoms with Crippen LogP contribution < -0.4 is 10.0 Å². The van der Waals surface area contributed by atoms with Crippen LogP contribution >= 0.6 is 0 Å². The average Bonchev–Trinajstić information content (AvgIpc) is 2.34. The highest BCUT2D eigenvalue weighted by molar-refractivity contribution is 7.89. The van der Waals surface area contributed by atoms with E-state index in [2.05, 4.69) is 16.6 Å². The fraction of sp³-hybridized carbons (Fsp3) is 0.250. The molecule has 0 aliphatic rings. The molecule has 6 heteroatoms. The number of carbonyl (C=O) groups is 1. The zero-order valence-corrected chi connectivity index (χ0v) is 11.0. The number of amides is 1. The van der Waals surface area contributed by atoms with Gasteiger partial charge in [-0.25, -0.2) is 13.1 Å². The molecular weight excluding hydrogens is 252 g/mol. The van der Waals surface area contributed by atoms with Crippen molar-refractivity contribution < 1.29 is 13.2 Å². The molecule has 0 saturated carbocycles. The topological polar surface area (TPSA) is 75.3 Å². The Hall–Kier alpha value is -1.66. The summed E-state index contributed by atoms with van der Waals surface area (Å²) in [4.78, 5) is 10.9. The first kappa shape index (κ1) is 14.4. The summed E-state index contributed by atoms with van der Waals surface area (Å²) in [5.41, 5.74) is 0.841.